The van der Waals surface area contributed by atoms with Gasteiger partial charge in [0, 0.05) is 23.8 Å². The summed E-state index contributed by atoms with van der Waals surface area (Å²) in [6, 6.07) is 5.69. The Kier molecular flexibility index (Phi) is 4.79. The molecule has 2 aliphatic carbocycles. The smallest absolute Gasteiger partial charge is 0.167 e. The number of ether oxygens (including phenoxy) is 1. The molecule has 3 nitrogen and oxygen atoms in total. The van der Waals surface area contributed by atoms with E-state index in [0.29, 0.717) is 17.7 Å². The van der Waals surface area contributed by atoms with Crippen LogP contribution in [0.3, 0.4) is 0 Å². The van der Waals surface area contributed by atoms with E-state index >= 15 is 0 Å². The number of hydrogen-bond donors (Lipinski definition) is 0. The van der Waals surface area contributed by atoms with Crippen LogP contribution in [0.4, 0.5) is 0 Å². The molecule has 0 amide bonds. The third kappa shape index (κ3) is 3.00. The van der Waals surface area contributed by atoms with Crippen molar-refractivity contribution in [3.63, 3.8) is 0 Å². The van der Waals surface area contributed by atoms with Crippen molar-refractivity contribution in [2.75, 3.05) is 7.11 Å². The molecular weight excluding hydrogens is 324 g/mol. The molecule has 0 unspecified atom stereocenters. The second-order valence-corrected chi connectivity index (χ2v) is 9.44. The second-order valence-electron chi connectivity index (χ2n) is 9.44. The van der Waals surface area contributed by atoms with E-state index in [2.05, 4.69) is 20.8 Å². The zero-order chi connectivity index (χ0) is 19.3. The van der Waals surface area contributed by atoms with Gasteiger partial charge in [0.15, 0.2) is 5.78 Å². The van der Waals surface area contributed by atoms with Gasteiger partial charge in [-0.05, 0) is 60.3 Å². The molecule has 0 spiro atoms. The third-order valence-electron chi connectivity index (χ3n) is 7.25. The molecule has 0 radical (unpaired) electrons. The molecule has 0 heterocycles. The molecule has 4 atom stereocenters. The first-order chi connectivity index (χ1) is 12.1. The van der Waals surface area contributed by atoms with Gasteiger partial charge in [-0.3, -0.25) is 9.59 Å². The molecular formula is C23H32O3. The summed E-state index contributed by atoms with van der Waals surface area (Å²) in [5.74, 6) is 0.865. The van der Waals surface area contributed by atoms with Crippen LogP contribution >= 0.6 is 0 Å². The molecule has 26 heavy (non-hydrogen) atoms. The number of fused-ring (bicyclic) bond motifs is 1. The van der Waals surface area contributed by atoms with Crippen molar-refractivity contribution in [3.05, 3.63) is 29.3 Å². The van der Waals surface area contributed by atoms with Crippen molar-refractivity contribution in [2.45, 2.75) is 60.3 Å². The zero-order valence-electron chi connectivity index (χ0n) is 17.0. The van der Waals surface area contributed by atoms with Crippen molar-refractivity contribution < 1.29 is 14.3 Å². The average molecular weight is 357 g/mol. The first kappa shape index (κ1) is 19.1. The molecule has 2 fully saturated rings. The Hall–Kier alpha value is -1.64. The van der Waals surface area contributed by atoms with E-state index in [9.17, 15) is 9.59 Å². The highest BCUT2D eigenvalue weighted by Gasteiger charge is 2.58. The summed E-state index contributed by atoms with van der Waals surface area (Å²) in [6.07, 6.45) is 3.90. The summed E-state index contributed by atoms with van der Waals surface area (Å²) in [7, 11) is 1.62. The normalized spacial score (nSPS) is 33.5. The SMILES string of the molecule is COc1cc(C)cc(C(=O)[C@H]2[C@@H](C)C(=O)C[C@H]3C(C)(C)CCC[C@]23C)c1. The lowest BCUT2D eigenvalue weighted by atomic mass is 9.45. The van der Waals surface area contributed by atoms with E-state index in [1.54, 1.807) is 7.11 Å². The molecule has 2 aliphatic rings. The van der Waals surface area contributed by atoms with Gasteiger partial charge in [-0.15, -0.1) is 0 Å². The Labute approximate surface area is 157 Å². The maximum atomic E-state index is 13.6. The molecule has 142 valence electrons. The highest BCUT2D eigenvalue weighted by Crippen LogP contribution is 2.60. The summed E-state index contributed by atoms with van der Waals surface area (Å²) in [4.78, 5) is 26.5. The van der Waals surface area contributed by atoms with Crippen molar-refractivity contribution in [3.8, 4) is 5.75 Å². The summed E-state index contributed by atoms with van der Waals surface area (Å²) in [5.41, 5.74) is 1.67. The zero-order valence-corrected chi connectivity index (χ0v) is 17.0. The van der Waals surface area contributed by atoms with Gasteiger partial charge in [0.2, 0.25) is 0 Å². The number of carbonyl (C=O) groups is 2. The highest BCUT2D eigenvalue weighted by atomic mass is 16.5. The summed E-state index contributed by atoms with van der Waals surface area (Å²) in [5, 5.41) is 0. The standard InChI is InChI=1S/C23H32O3/c1-14-10-16(12-17(11-14)26-6)21(25)20-15(2)18(24)13-19-22(3,4)8-7-9-23(19,20)5/h10-12,15,19-20H,7-9,13H2,1-6H3/t15-,19-,20+,23-/m0/s1. The first-order valence-electron chi connectivity index (χ1n) is 9.83. The van der Waals surface area contributed by atoms with Crippen molar-refractivity contribution in [1.29, 1.82) is 0 Å². The van der Waals surface area contributed by atoms with Crippen molar-refractivity contribution in [2.24, 2.45) is 28.6 Å². The largest absolute Gasteiger partial charge is 0.497 e. The number of ketones is 2. The molecule has 3 heteroatoms. The number of aryl methyl sites for hydroxylation is 1. The number of methoxy groups -OCH3 is 1. The maximum Gasteiger partial charge on any atom is 0.167 e. The lowest BCUT2D eigenvalue weighted by Crippen LogP contribution is -2.56. The van der Waals surface area contributed by atoms with E-state index < -0.39 is 0 Å². The lowest BCUT2D eigenvalue weighted by molar-refractivity contribution is -0.143. The molecule has 1 aromatic carbocycles. The summed E-state index contributed by atoms with van der Waals surface area (Å²) < 4.78 is 5.37. The quantitative estimate of drug-likeness (QED) is 0.695. The molecule has 3 rings (SSSR count). The van der Waals surface area contributed by atoms with Crippen molar-refractivity contribution >= 4 is 11.6 Å². The van der Waals surface area contributed by atoms with Crippen LogP contribution in [0, 0.1) is 35.5 Å². The fourth-order valence-electron chi connectivity index (χ4n) is 5.91. The second kappa shape index (κ2) is 6.51. The minimum Gasteiger partial charge on any atom is -0.497 e. The van der Waals surface area contributed by atoms with Gasteiger partial charge >= 0.3 is 0 Å². The average Bonchev–Trinajstić information content (AvgIpc) is 2.56. The number of carbonyl (C=O) groups excluding carboxylic acids is 2. The minimum atomic E-state index is -0.250. The van der Waals surface area contributed by atoms with Crippen LogP contribution in [0.1, 0.15) is 69.3 Å². The van der Waals surface area contributed by atoms with Crippen LogP contribution in [0.5, 0.6) is 5.75 Å². The van der Waals surface area contributed by atoms with E-state index in [4.69, 9.17) is 4.74 Å². The molecule has 2 saturated carbocycles. The highest BCUT2D eigenvalue weighted by molar-refractivity contribution is 6.02. The topological polar surface area (TPSA) is 43.4 Å². The molecule has 0 bridgehead atoms. The maximum absolute atomic E-state index is 13.6. The van der Waals surface area contributed by atoms with Crippen LogP contribution < -0.4 is 4.74 Å². The number of benzene rings is 1. The fraction of sp³-hybridized carbons (Fsp3) is 0.652. The van der Waals surface area contributed by atoms with E-state index in [1.165, 1.54) is 0 Å². The van der Waals surface area contributed by atoms with Gasteiger partial charge in [0.1, 0.15) is 11.5 Å². The summed E-state index contributed by atoms with van der Waals surface area (Å²) >= 11 is 0. The Balaban J connectivity index is 2.07. The lowest BCUT2D eigenvalue weighted by Gasteiger charge is -2.57. The van der Waals surface area contributed by atoms with E-state index in [1.807, 2.05) is 32.0 Å². The molecule has 0 saturated heterocycles. The van der Waals surface area contributed by atoms with Gasteiger partial charge in [-0.1, -0.05) is 34.1 Å². The third-order valence-corrected chi connectivity index (χ3v) is 7.25. The Morgan fingerprint density at radius 3 is 2.50 bits per heavy atom. The van der Waals surface area contributed by atoms with Crippen LogP contribution in [-0.4, -0.2) is 18.7 Å². The van der Waals surface area contributed by atoms with Gasteiger partial charge in [0.25, 0.3) is 0 Å². The Bertz CT molecular complexity index is 733. The van der Waals surface area contributed by atoms with Gasteiger partial charge in [-0.2, -0.15) is 0 Å². The predicted octanol–water partition coefficient (Wildman–Crippen LogP) is 5.24. The van der Waals surface area contributed by atoms with Gasteiger partial charge in [0.05, 0.1) is 7.11 Å². The molecule has 0 aromatic heterocycles. The van der Waals surface area contributed by atoms with Crippen LogP contribution in [0.2, 0.25) is 0 Å². The van der Waals surface area contributed by atoms with Gasteiger partial charge in [-0.25, -0.2) is 0 Å². The van der Waals surface area contributed by atoms with E-state index in [0.717, 1.165) is 24.8 Å². The molecule has 0 aliphatic heterocycles. The van der Waals surface area contributed by atoms with Crippen LogP contribution in [0.25, 0.3) is 0 Å². The fourth-order valence-corrected chi connectivity index (χ4v) is 5.91. The predicted molar refractivity (Wildman–Crippen MR) is 104 cm³/mol. The summed E-state index contributed by atoms with van der Waals surface area (Å²) in [6.45, 7) is 10.7. The number of rotatable bonds is 3. The van der Waals surface area contributed by atoms with E-state index in [-0.39, 0.29) is 40.2 Å². The Morgan fingerprint density at radius 1 is 1.15 bits per heavy atom. The monoisotopic (exact) mass is 356 g/mol. The molecule has 0 N–H and O–H groups in total. The minimum absolute atomic E-state index is 0.103. The van der Waals surface area contributed by atoms with Crippen LogP contribution in [-0.2, 0) is 4.79 Å². The van der Waals surface area contributed by atoms with Gasteiger partial charge < -0.3 is 4.74 Å². The number of hydrogen-bond acceptors (Lipinski definition) is 3. The number of Topliss-reactive ketones (excluding diaryl/α,β-unsaturated/α-hetero) is 2. The first-order valence-corrected chi connectivity index (χ1v) is 9.83. The Morgan fingerprint density at radius 2 is 1.85 bits per heavy atom. The van der Waals surface area contributed by atoms with Crippen molar-refractivity contribution in [1.82, 2.24) is 0 Å². The molecule has 1 aromatic rings. The van der Waals surface area contributed by atoms with Crippen LogP contribution in [0.15, 0.2) is 18.2 Å².